The number of likely N-dealkylation sites (N-methyl/N-ethyl adjacent to an activating group) is 1. The average Bonchev–Trinajstić information content (AvgIpc) is 2.45. The van der Waals surface area contributed by atoms with Gasteiger partial charge in [-0.2, -0.15) is 0 Å². The molecule has 1 aromatic rings. The highest BCUT2D eigenvalue weighted by molar-refractivity contribution is 5.90. The number of rotatable bonds is 4. The summed E-state index contributed by atoms with van der Waals surface area (Å²) in [5, 5.41) is 3.38. The second-order valence-electron chi connectivity index (χ2n) is 6.17. The summed E-state index contributed by atoms with van der Waals surface area (Å²) in [6.45, 7) is 10.6. The minimum absolute atomic E-state index is 0.139. The lowest BCUT2D eigenvalue weighted by molar-refractivity contribution is -0.136. The molecule has 0 spiro atoms. The first-order valence-electron chi connectivity index (χ1n) is 7.60. The summed E-state index contributed by atoms with van der Waals surface area (Å²) < 4.78 is 0. The van der Waals surface area contributed by atoms with Crippen LogP contribution in [0.4, 0.5) is 5.82 Å². The molecule has 2 rings (SSSR count). The molecule has 1 amide bonds. The first-order chi connectivity index (χ1) is 9.87. The van der Waals surface area contributed by atoms with Crippen molar-refractivity contribution in [2.75, 3.05) is 31.6 Å². The van der Waals surface area contributed by atoms with E-state index in [4.69, 9.17) is 0 Å². The highest BCUT2D eigenvalue weighted by Crippen LogP contribution is 2.27. The lowest BCUT2D eigenvalue weighted by Gasteiger charge is -2.45. The van der Waals surface area contributed by atoms with E-state index < -0.39 is 5.54 Å². The molecule has 5 heteroatoms. The highest BCUT2D eigenvalue weighted by atomic mass is 16.2. The summed E-state index contributed by atoms with van der Waals surface area (Å²) in [4.78, 5) is 20.8. The summed E-state index contributed by atoms with van der Waals surface area (Å²) in [5.41, 5.74) is 0.619. The summed E-state index contributed by atoms with van der Waals surface area (Å²) in [6.07, 6.45) is 1.90. The summed E-state index contributed by atoms with van der Waals surface area (Å²) >= 11 is 0. The zero-order valence-corrected chi connectivity index (χ0v) is 13.7. The van der Waals surface area contributed by atoms with Gasteiger partial charge in [-0.05, 0) is 38.9 Å². The fourth-order valence-corrected chi connectivity index (χ4v) is 2.85. The molecule has 0 saturated carbocycles. The molecule has 0 bridgehead atoms. The third-order valence-corrected chi connectivity index (χ3v) is 4.26. The zero-order valence-electron chi connectivity index (χ0n) is 13.7. The summed E-state index contributed by atoms with van der Waals surface area (Å²) in [5.74, 6) is 1.01. The van der Waals surface area contributed by atoms with Gasteiger partial charge in [-0.3, -0.25) is 4.79 Å². The van der Waals surface area contributed by atoms with Crippen molar-refractivity contribution in [2.24, 2.45) is 0 Å². The molecule has 0 aliphatic carbocycles. The van der Waals surface area contributed by atoms with Gasteiger partial charge in [0.05, 0.1) is 0 Å². The maximum atomic E-state index is 12.3. The van der Waals surface area contributed by atoms with Gasteiger partial charge in [0.2, 0.25) is 5.91 Å². The Bertz CT molecular complexity index is 498. The van der Waals surface area contributed by atoms with Crippen molar-refractivity contribution in [1.29, 1.82) is 0 Å². The van der Waals surface area contributed by atoms with Gasteiger partial charge in [0.25, 0.3) is 0 Å². The summed E-state index contributed by atoms with van der Waals surface area (Å²) in [6, 6.07) is 4.40. The number of aromatic nitrogens is 1. The van der Waals surface area contributed by atoms with Crippen LogP contribution in [0.25, 0.3) is 0 Å². The Kier molecular flexibility index (Phi) is 4.52. The van der Waals surface area contributed by atoms with Gasteiger partial charge in [-0.1, -0.05) is 13.0 Å². The molecule has 1 atom stereocenters. The van der Waals surface area contributed by atoms with Crippen LogP contribution in [0.3, 0.4) is 0 Å². The topological polar surface area (TPSA) is 48.5 Å². The van der Waals surface area contributed by atoms with Crippen LogP contribution in [-0.4, -0.2) is 48.0 Å². The van der Waals surface area contributed by atoms with Crippen molar-refractivity contribution < 1.29 is 4.79 Å². The highest BCUT2D eigenvalue weighted by Gasteiger charge is 2.41. The van der Waals surface area contributed by atoms with Crippen molar-refractivity contribution in [1.82, 2.24) is 15.2 Å². The first-order valence-corrected chi connectivity index (χ1v) is 7.60. The average molecular weight is 290 g/mol. The van der Waals surface area contributed by atoms with Crippen molar-refractivity contribution in [3.8, 4) is 0 Å². The van der Waals surface area contributed by atoms with Gasteiger partial charge in [-0.25, -0.2) is 4.98 Å². The molecule has 1 fully saturated rings. The van der Waals surface area contributed by atoms with Gasteiger partial charge in [0.1, 0.15) is 11.4 Å². The Balaban J connectivity index is 2.20. The van der Waals surface area contributed by atoms with Crippen LogP contribution in [-0.2, 0) is 4.79 Å². The van der Waals surface area contributed by atoms with Gasteiger partial charge in [0, 0.05) is 32.4 Å². The largest absolute Gasteiger partial charge is 0.342 e. The number of carbonyl (C=O) groups is 1. The second kappa shape index (κ2) is 6.02. The van der Waals surface area contributed by atoms with Crippen molar-refractivity contribution in [3.63, 3.8) is 0 Å². The van der Waals surface area contributed by atoms with Gasteiger partial charge in [0.15, 0.2) is 0 Å². The number of piperazine rings is 1. The molecule has 1 aliphatic rings. The number of pyridine rings is 1. The number of hydrogen-bond donors (Lipinski definition) is 1. The molecule has 116 valence electrons. The molecule has 0 aromatic carbocycles. The molecule has 21 heavy (non-hydrogen) atoms. The lowest BCUT2D eigenvalue weighted by Crippen LogP contribution is -2.62. The van der Waals surface area contributed by atoms with Crippen LogP contribution in [0.1, 0.15) is 39.3 Å². The zero-order chi connectivity index (χ0) is 15.6. The van der Waals surface area contributed by atoms with Crippen LogP contribution in [0.15, 0.2) is 18.3 Å². The number of anilines is 1. The number of hydrogen-bond acceptors (Lipinski definition) is 4. The standard InChI is InChI=1S/C16H26N4O/c1-6-17-12(2)13-7-8-14(18-11-13)20-10-9-19(5)15(21)16(20,3)4/h7-8,11-12,17H,6,9-10H2,1-5H3. The Morgan fingerprint density at radius 1 is 1.38 bits per heavy atom. The van der Waals surface area contributed by atoms with Crippen molar-refractivity contribution in [2.45, 2.75) is 39.3 Å². The number of carbonyl (C=O) groups excluding carboxylic acids is 1. The normalized spacial score (nSPS) is 19.8. The quantitative estimate of drug-likeness (QED) is 0.919. The van der Waals surface area contributed by atoms with E-state index >= 15 is 0 Å². The molecule has 0 radical (unpaired) electrons. The van der Waals surface area contributed by atoms with E-state index in [-0.39, 0.29) is 5.91 Å². The van der Waals surface area contributed by atoms with Crippen molar-refractivity contribution in [3.05, 3.63) is 23.9 Å². The van der Waals surface area contributed by atoms with Crippen LogP contribution in [0.5, 0.6) is 0 Å². The fourth-order valence-electron chi connectivity index (χ4n) is 2.85. The molecular weight excluding hydrogens is 264 g/mol. The Hall–Kier alpha value is -1.62. The van der Waals surface area contributed by atoms with Crippen LogP contribution in [0.2, 0.25) is 0 Å². The Morgan fingerprint density at radius 3 is 2.67 bits per heavy atom. The summed E-state index contributed by atoms with van der Waals surface area (Å²) in [7, 11) is 1.86. The maximum absolute atomic E-state index is 12.3. The van der Waals surface area contributed by atoms with Crippen LogP contribution >= 0.6 is 0 Å². The monoisotopic (exact) mass is 290 g/mol. The maximum Gasteiger partial charge on any atom is 0.247 e. The number of nitrogens with one attached hydrogen (secondary N) is 1. The van der Waals surface area contributed by atoms with Gasteiger partial charge >= 0.3 is 0 Å². The van der Waals surface area contributed by atoms with E-state index in [1.807, 2.05) is 33.2 Å². The predicted molar refractivity (Wildman–Crippen MR) is 85.4 cm³/mol. The van der Waals surface area contributed by atoms with Gasteiger partial charge < -0.3 is 15.1 Å². The Labute approximate surface area is 127 Å². The van der Waals surface area contributed by atoms with E-state index in [9.17, 15) is 4.79 Å². The predicted octanol–water partition coefficient (Wildman–Crippen LogP) is 1.81. The van der Waals surface area contributed by atoms with Gasteiger partial charge in [-0.15, -0.1) is 0 Å². The van der Waals surface area contributed by atoms with Crippen LogP contribution in [0, 0.1) is 0 Å². The first kappa shape index (κ1) is 15.8. The molecule has 1 unspecified atom stereocenters. The lowest BCUT2D eigenvalue weighted by atomic mass is 9.97. The molecule has 5 nitrogen and oxygen atoms in total. The Morgan fingerprint density at radius 2 is 2.10 bits per heavy atom. The van der Waals surface area contributed by atoms with E-state index in [0.717, 1.165) is 25.5 Å². The van der Waals surface area contributed by atoms with E-state index in [0.29, 0.717) is 6.04 Å². The van der Waals surface area contributed by atoms with Crippen LogP contribution < -0.4 is 10.2 Å². The van der Waals surface area contributed by atoms with Crippen molar-refractivity contribution >= 4 is 11.7 Å². The molecule has 1 saturated heterocycles. The third-order valence-electron chi connectivity index (χ3n) is 4.26. The van der Waals surface area contributed by atoms with E-state index in [1.165, 1.54) is 5.56 Å². The molecule has 1 N–H and O–H groups in total. The van der Waals surface area contributed by atoms with E-state index in [1.54, 1.807) is 4.90 Å². The molecular formula is C16H26N4O. The number of amides is 1. The fraction of sp³-hybridized carbons (Fsp3) is 0.625. The van der Waals surface area contributed by atoms with E-state index in [2.05, 4.69) is 35.1 Å². The molecule has 1 aliphatic heterocycles. The third kappa shape index (κ3) is 3.02. The SMILES string of the molecule is CCNC(C)c1ccc(N2CCN(C)C(=O)C2(C)C)nc1. The minimum Gasteiger partial charge on any atom is -0.342 e. The minimum atomic E-state index is -0.547. The second-order valence-corrected chi connectivity index (χ2v) is 6.17. The molecule has 2 heterocycles. The number of nitrogens with zero attached hydrogens (tertiary/aromatic N) is 3. The smallest absolute Gasteiger partial charge is 0.247 e. The molecule has 1 aromatic heterocycles.